The molecule has 0 saturated heterocycles. The fraction of sp³-hybridized carbons (Fsp3) is 0.611. The molecule has 1 fully saturated rings. The Morgan fingerprint density at radius 1 is 1.27 bits per heavy atom. The molecule has 122 valence electrons. The van der Waals surface area contributed by atoms with Gasteiger partial charge in [0.2, 0.25) is 0 Å². The number of benzene rings is 1. The van der Waals surface area contributed by atoms with Crippen molar-refractivity contribution >= 4 is 6.09 Å². The van der Waals surface area contributed by atoms with Crippen LogP contribution in [0.5, 0.6) is 0 Å². The number of ether oxygens (including phenoxy) is 1. The van der Waals surface area contributed by atoms with Crippen LogP contribution in [-0.2, 0) is 4.74 Å². The highest BCUT2D eigenvalue weighted by Gasteiger charge is 2.29. The summed E-state index contributed by atoms with van der Waals surface area (Å²) in [6, 6.07) is 9.34. The smallest absolute Gasteiger partial charge is 0.407 e. The molecule has 1 aliphatic rings. The Kier molecular flexibility index (Phi) is 5.46. The number of carbonyl (C=O) groups excluding carboxylic acids is 1. The van der Waals surface area contributed by atoms with Crippen LogP contribution in [0.25, 0.3) is 0 Å². The van der Waals surface area contributed by atoms with Crippen molar-refractivity contribution in [1.29, 1.82) is 0 Å². The fourth-order valence-electron chi connectivity index (χ4n) is 2.74. The van der Waals surface area contributed by atoms with Crippen LogP contribution in [0, 0.1) is 6.92 Å². The van der Waals surface area contributed by atoms with Gasteiger partial charge in [0, 0.05) is 19.1 Å². The molecule has 1 aromatic carbocycles. The third-order valence-corrected chi connectivity index (χ3v) is 3.88. The lowest BCUT2D eigenvalue weighted by molar-refractivity contribution is 0.0527. The molecule has 1 aliphatic carbocycles. The summed E-state index contributed by atoms with van der Waals surface area (Å²) in [5.74, 6) is 0.677. The molecule has 1 aromatic rings. The maximum atomic E-state index is 11.5. The van der Waals surface area contributed by atoms with Gasteiger partial charge in [0.25, 0.3) is 0 Å². The normalized spacial score (nSPS) is 21.1. The summed E-state index contributed by atoms with van der Waals surface area (Å²) in [6.45, 7) is 9.12. The number of alkyl carbamates (subject to hydrolysis) is 1. The van der Waals surface area contributed by atoms with Crippen LogP contribution >= 0.6 is 0 Å². The first-order valence-electron chi connectivity index (χ1n) is 8.10. The predicted molar refractivity (Wildman–Crippen MR) is 89.2 cm³/mol. The Balaban J connectivity index is 1.58. The maximum Gasteiger partial charge on any atom is 0.407 e. The summed E-state index contributed by atoms with van der Waals surface area (Å²) in [5.41, 5.74) is 2.34. The molecule has 0 heterocycles. The molecule has 0 aliphatic heterocycles. The zero-order valence-electron chi connectivity index (χ0n) is 14.1. The second-order valence-electron chi connectivity index (χ2n) is 7.16. The third kappa shape index (κ3) is 5.34. The van der Waals surface area contributed by atoms with Crippen LogP contribution in [-0.4, -0.2) is 30.8 Å². The summed E-state index contributed by atoms with van der Waals surface area (Å²) in [6.07, 6.45) is 2.01. The molecule has 4 heteroatoms. The van der Waals surface area contributed by atoms with Gasteiger partial charge < -0.3 is 15.4 Å². The molecule has 0 spiro atoms. The van der Waals surface area contributed by atoms with Crippen molar-refractivity contribution in [2.24, 2.45) is 0 Å². The molecular formula is C18H28N2O2. The second kappa shape index (κ2) is 7.14. The first-order valence-corrected chi connectivity index (χ1v) is 8.10. The molecular weight excluding hydrogens is 276 g/mol. The number of hydrogen-bond acceptors (Lipinski definition) is 3. The van der Waals surface area contributed by atoms with Crippen molar-refractivity contribution in [3.05, 3.63) is 35.4 Å². The average Bonchev–Trinajstić information content (AvgIpc) is 2.34. The van der Waals surface area contributed by atoms with Crippen LogP contribution in [0.3, 0.4) is 0 Å². The van der Waals surface area contributed by atoms with Crippen LogP contribution in [0.1, 0.15) is 50.7 Å². The molecule has 0 unspecified atom stereocenters. The second-order valence-corrected chi connectivity index (χ2v) is 7.16. The molecule has 22 heavy (non-hydrogen) atoms. The summed E-state index contributed by atoms with van der Waals surface area (Å²) in [7, 11) is 0. The average molecular weight is 304 g/mol. The fourth-order valence-corrected chi connectivity index (χ4v) is 2.74. The van der Waals surface area contributed by atoms with Crippen LogP contribution in [0.4, 0.5) is 4.79 Å². The predicted octanol–water partition coefficient (Wildman–Crippen LogP) is 3.36. The van der Waals surface area contributed by atoms with Crippen molar-refractivity contribution in [3.8, 4) is 0 Å². The van der Waals surface area contributed by atoms with Crippen LogP contribution in [0.15, 0.2) is 24.3 Å². The highest BCUT2D eigenvalue weighted by molar-refractivity contribution is 5.67. The van der Waals surface area contributed by atoms with Crippen molar-refractivity contribution in [2.45, 2.75) is 58.1 Å². The van der Waals surface area contributed by atoms with E-state index in [1.807, 2.05) is 20.8 Å². The minimum Gasteiger partial charge on any atom is -0.444 e. The van der Waals surface area contributed by atoms with Gasteiger partial charge in [0.1, 0.15) is 5.60 Å². The Bertz CT molecular complexity index is 502. The molecule has 0 aromatic heterocycles. The van der Waals surface area contributed by atoms with Crippen molar-refractivity contribution in [1.82, 2.24) is 10.6 Å². The number of nitrogens with one attached hydrogen (secondary N) is 2. The van der Waals surface area contributed by atoms with Gasteiger partial charge in [-0.1, -0.05) is 29.8 Å². The monoisotopic (exact) mass is 304 g/mol. The molecule has 1 saturated carbocycles. The number of carbonyl (C=O) groups is 1. The summed E-state index contributed by atoms with van der Waals surface area (Å²) in [4.78, 5) is 11.5. The minimum atomic E-state index is -0.438. The third-order valence-electron chi connectivity index (χ3n) is 3.88. The van der Waals surface area contributed by atoms with E-state index in [1.54, 1.807) is 0 Å². The molecule has 0 bridgehead atoms. The number of rotatable bonds is 5. The number of hydrogen-bond donors (Lipinski definition) is 2. The van der Waals surface area contributed by atoms with Crippen molar-refractivity contribution in [2.75, 3.05) is 13.1 Å². The van der Waals surface area contributed by atoms with Gasteiger partial charge in [-0.05, 0) is 52.0 Å². The minimum absolute atomic E-state index is 0.347. The van der Waals surface area contributed by atoms with Gasteiger partial charge in [0.15, 0.2) is 0 Å². The SMILES string of the molecule is Cc1cccc(C2CC(NCCNC(=O)OC(C)(C)C)C2)c1. The summed E-state index contributed by atoms with van der Waals surface area (Å²) in [5, 5.41) is 6.25. The Hall–Kier alpha value is -1.55. The van der Waals surface area contributed by atoms with E-state index in [0.717, 1.165) is 6.54 Å². The van der Waals surface area contributed by atoms with E-state index < -0.39 is 5.60 Å². The van der Waals surface area contributed by atoms with E-state index in [1.165, 1.54) is 24.0 Å². The first-order chi connectivity index (χ1) is 10.3. The van der Waals surface area contributed by atoms with Crippen LogP contribution < -0.4 is 10.6 Å². The lowest BCUT2D eigenvalue weighted by Gasteiger charge is -2.36. The topological polar surface area (TPSA) is 50.4 Å². The van der Waals surface area contributed by atoms with Gasteiger partial charge in [-0.3, -0.25) is 0 Å². The van der Waals surface area contributed by atoms with Gasteiger partial charge in [0.05, 0.1) is 0 Å². The highest BCUT2D eigenvalue weighted by atomic mass is 16.6. The first kappa shape index (κ1) is 16.8. The van der Waals surface area contributed by atoms with Gasteiger partial charge in [-0.15, -0.1) is 0 Å². The zero-order chi connectivity index (χ0) is 16.2. The quantitative estimate of drug-likeness (QED) is 0.820. The highest BCUT2D eigenvalue weighted by Crippen LogP contribution is 2.36. The Labute approximate surface area is 133 Å². The summed E-state index contributed by atoms with van der Waals surface area (Å²) >= 11 is 0. The number of amides is 1. The van der Waals surface area contributed by atoms with E-state index in [0.29, 0.717) is 18.5 Å². The lowest BCUT2D eigenvalue weighted by atomic mass is 9.75. The maximum absolute atomic E-state index is 11.5. The van der Waals surface area contributed by atoms with Gasteiger partial charge in [-0.2, -0.15) is 0 Å². The molecule has 2 rings (SSSR count). The van der Waals surface area contributed by atoms with Crippen molar-refractivity contribution < 1.29 is 9.53 Å². The lowest BCUT2D eigenvalue weighted by Crippen LogP contribution is -2.44. The largest absolute Gasteiger partial charge is 0.444 e. The molecule has 2 N–H and O–H groups in total. The van der Waals surface area contributed by atoms with Crippen molar-refractivity contribution in [3.63, 3.8) is 0 Å². The van der Waals surface area contributed by atoms with E-state index in [4.69, 9.17) is 4.74 Å². The summed E-state index contributed by atoms with van der Waals surface area (Å²) < 4.78 is 5.19. The Morgan fingerprint density at radius 2 is 2.00 bits per heavy atom. The molecule has 1 amide bonds. The Morgan fingerprint density at radius 3 is 2.64 bits per heavy atom. The zero-order valence-corrected chi connectivity index (χ0v) is 14.1. The number of aryl methyl sites for hydroxylation is 1. The molecule has 0 atom stereocenters. The van der Waals surface area contributed by atoms with Gasteiger partial charge in [-0.25, -0.2) is 4.79 Å². The van der Waals surface area contributed by atoms with Crippen LogP contribution in [0.2, 0.25) is 0 Å². The van der Waals surface area contributed by atoms with E-state index >= 15 is 0 Å². The molecule has 4 nitrogen and oxygen atoms in total. The van der Waals surface area contributed by atoms with E-state index in [2.05, 4.69) is 41.8 Å². The van der Waals surface area contributed by atoms with E-state index in [-0.39, 0.29) is 6.09 Å². The van der Waals surface area contributed by atoms with E-state index in [9.17, 15) is 4.79 Å². The van der Waals surface area contributed by atoms with Gasteiger partial charge >= 0.3 is 6.09 Å². The molecule has 0 radical (unpaired) electrons. The standard InChI is InChI=1S/C18H28N2O2/c1-13-6-5-7-14(10-13)15-11-16(12-15)19-8-9-20-17(21)22-18(2,3)4/h5-7,10,15-16,19H,8-9,11-12H2,1-4H3,(H,20,21).